The second-order valence-corrected chi connectivity index (χ2v) is 5.34. The molecule has 3 aromatic rings. The van der Waals surface area contributed by atoms with Crippen LogP contribution in [0.5, 0.6) is 0 Å². The molecule has 4 heteroatoms. The van der Waals surface area contributed by atoms with Crippen LogP contribution in [-0.4, -0.2) is 19.1 Å². The lowest BCUT2D eigenvalue weighted by molar-refractivity contribution is 0.526. The molecule has 1 unspecified atom stereocenters. The molecule has 0 saturated carbocycles. The Morgan fingerprint density at radius 3 is 2.76 bits per heavy atom. The molecule has 0 spiro atoms. The molecule has 108 valence electrons. The minimum Gasteiger partial charge on any atom is -0.459 e. The first-order chi connectivity index (χ1) is 10.1. The number of hydrogen-bond donors (Lipinski definition) is 1. The fraction of sp³-hybridized carbons (Fsp3) is 0.235. The van der Waals surface area contributed by atoms with Crippen LogP contribution < -0.4 is 10.2 Å². The summed E-state index contributed by atoms with van der Waals surface area (Å²) in [4.78, 5) is 6.26. The van der Waals surface area contributed by atoms with E-state index < -0.39 is 0 Å². The Labute approximate surface area is 124 Å². The Morgan fingerprint density at radius 2 is 2.00 bits per heavy atom. The molecule has 0 amide bonds. The Bertz CT molecular complexity index is 715. The number of aromatic nitrogens is 1. The molecule has 3 rings (SSSR count). The third kappa shape index (κ3) is 2.70. The number of rotatable bonds is 4. The number of nitrogens with one attached hydrogen (secondary N) is 1. The molecule has 0 radical (unpaired) electrons. The fourth-order valence-electron chi connectivity index (χ4n) is 2.41. The monoisotopic (exact) mass is 281 g/mol. The molecule has 21 heavy (non-hydrogen) atoms. The van der Waals surface area contributed by atoms with Crippen molar-refractivity contribution in [3.63, 3.8) is 0 Å². The summed E-state index contributed by atoms with van der Waals surface area (Å²) < 4.78 is 5.91. The predicted molar refractivity (Wildman–Crippen MR) is 86.8 cm³/mol. The zero-order valence-electron chi connectivity index (χ0n) is 12.5. The van der Waals surface area contributed by atoms with E-state index in [0.717, 1.165) is 28.1 Å². The fourth-order valence-corrected chi connectivity index (χ4v) is 2.41. The molecule has 1 aromatic carbocycles. The molecule has 0 fully saturated rings. The van der Waals surface area contributed by atoms with Crippen molar-refractivity contribution in [2.24, 2.45) is 0 Å². The molecular formula is C17H19N3O. The Morgan fingerprint density at radius 1 is 1.19 bits per heavy atom. The summed E-state index contributed by atoms with van der Waals surface area (Å²) in [6, 6.07) is 12.2. The van der Waals surface area contributed by atoms with E-state index in [-0.39, 0.29) is 6.04 Å². The molecule has 1 N–H and O–H groups in total. The predicted octanol–water partition coefficient (Wildman–Crippen LogP) is 4.07. The van der Waals surface area contributed by atoms with Gasteiger partial charge in [0.1, 0.15) is 11.3 Å². The van der Waals surface area contributed by atoms with Gasteiger partial charge in [-0.2, -0.15) is 0 Å². The number of hydrogen-bond acceptors (Lipinski definition) is 4. The van der Waals surface area contributed by atoms with Gasteiger partial charge in [0.2, 0.25) is 0 Å². The Kier molecular flexibility index (Phi) is 3.52. The second kappa shape index (κ2) is 5.48. The number of pyridine rings is 1. The molecule has 2 aromatic heterocycles. The highest BCUT2D eigenvalue weighted by Crippen LogP contribution is 2.29. The van der Waals surface area contributed by atoms with E-state index >= 15 is 0 Å². The molecule has 0 aliphatic carbocycles. The number of fused-ring (bicyclic) bond motifs is 1. The minimum atomic E-state index is 0.0697. The van der Waals surface area contributed by atoms with E-state index in [2.05, 4.69) is 34.3 Å². The molecule has 0 bridgehead atoms. The number of benzene rings is 1. The van der Waals surface area contributed by atoms with Crippen LogP contribution in [0.1, 0.15) is 18.7 Å². The van der Waals surface area contributed by atoms with Gasteiger partial charge in [0.15, 0.2) is 0 Å². The summed E-state index contributed by atoms with van der Waals surface area (Å²) in [6.45, 7) is 2.09. The maximum Gasteiger partial charge on any atom is 0.134 e. The van der Waals surface area contributed by atoms with Gasteiger partial charge in [-0.25, -0.2) is 0 Å². The summed E-state index contributed by atoms with van der Waals surface area (Å²) in [5.41, 5.74) is 3.02. The van der Waals surface area contributed by atoms with Crippen LogP contribution in [-0.2, 0) is 0 Å². The van der Waals surface area contributed by atoms with Gasteiger partial charge in [-0.1, -0.05) is 18.2 Å². The first kappa shape index (κ1) is 13.5. The van der Waals surface area contributed by atoms with Crippen LogP contribution in [0.15, 0.2) is 53.2 Å². The first-order valence-electron chi connectivity index (χ1n) is 7.01. The SMILES string of the molecule is CC(Nc1cnccc1N(C)C)c1cc2ccccc2o1. The number of furan rings is 1. The largest absolute Gasteiger partial charge is 0.459 e. The summed E-state index contributed by atoms with van der Waals surface area (Å²) >= 11 is 0. The third-order valence-electron chi connectivity index (χ3n) is 3.52. The van der Waals surface area contributed by atoms with Gasteiger partial charge in [0, 0.05) is 25.7 Å². The van der Waals surface area contributed by atoms with Crippen LogP contribution in [0.3, 0.4) is 0 Å². The van der Waals surface area contributed by atoms with Gasteiger partial charge in [-0.15, -0.1) is 0 Å². The molecular weight excluding hydrogens is 262 g/mol. The van der Waals surface area contributed by atoms with Crippen molar-refractivity contribution >= 4 is 22.3 Å². The lowest BCUT2D eigenvalue weighted by Gasteiger charge is -2.20. The zero-order chi connectivity index (χ0) is 14.8. The lowest BCUT2D eigenvalue weighted by Crippen LogP contribution is -2.14. The van der Waals surface area contributed by atoms with Gasteiger partial charge in [-0.05, 0) is 25.1 Å². The number of anilines is 2. The summed E-state index contributed by atoms with van der Waals surface area (Å²) in [5, 5.41) is 4.60. The normalized spacial score (nSPS) is 12.3. The molecule has 2 heterocycles. The van der Waals surface area contributed by atoms with E-state index in [9.17, 15) is 0 Å². The van der Waals surface area contributed by atoms with Gasteiger partial charge in [0.25, 0.3) is 0 Å². The van der Waals surface area contributed by atoms with E-state index in [1.54, 1.807) is 6.20 Å². The van der Waals surface area contributed by atoms with Gasteiger partial charge in [0.05, 0.1) is 23.6 Å². The molecule has 0 aliphatic heterocycles. The second-order valence-electron chi connectivity index (χ2n) is 5.34. The quantitative estimate of drug-likeness (QED) is 0.782. The van der Waals surface area contributed by atoms with Crippen molar-refractivity contribution in [2.75, 3.05) is 24.3 Å². The van der Waals surface area contributed by atoms with Crippen LogP contribution >= 0.6 is 0 Å². The van der Waals surface area contributed by atoms with Crippen molar-refractivity contribution in [1.29, 1.82) is 0 Å². The van der Waals surface area contributed by atoms with Gasteiger partial charge < -0.3 is 14.6 Å². The first-order valence-corrected chi connectivity index (χ1v) is 7.01. The molecule has 0 aliphatic rings. The van der Waals surface area contributed by atoms with Crippen molar-refractivity contribution in [1.82, 2.24) is 4.98 Å². The van der Waals surface area contributed by atoms with E-state index in [1.807, 2.05) is 44.6 Å². The highest BCUT2D eigenvalue weighted by atomic mass is 16.3. The maximum atomic E-state index is 5.91. The van der Waals surface area contributed by atoms with Crippen molar-refractivity contribution in [3.8, 4) is 0 Å². The third-order valence-corrected chi connectivity index (χ3v) is 3.52. The average Bonchev–Trinajstić information content (AvgIpc) is 2.91. The van der Waals surface area contributed by atoms with Gasteiger partial charge in [-0.3, -0.25) is 4.98 Å². The summed E-state index contributed by atoms with van der Waals surface area (Å²) in [5.74, 6) is 0.921. The van der Waals surface area contributed by atoms with Crippen molar-refractivity contribution in [2.45, 2.75) is 13.0 Å². The zero-order valence-corrected chi connectivity index (χ0v) is 12.5. The van der Waals surface area contributed by atoms with Crippen LogP contribution in [0.4, 0.5) is 11.4 Å². The lowest BCUT2D eigenvalue weighted by atomic mass is 10.2. The standard InChI is InChI=1S/C17H19N3O/c1-12(17-10-13-6-4-5-7-16(13)21-17)19-14-11-18-9-8-15(14)20(2)3/h4-12,19H,1-3H3. The minimum absolute atomic E-state index is 0.0697. The van der Waals surface area contributed by atoms with Crippen molar-refractivity contribution < 1.29 is 4.42 Å². The highest BCUT2D eigenvalue weighted by molar-refractivity contribution is 5.78. The number of para-hydroxylation sites is 1. The molecule has 4 nitrogen and oxygen atoms in total. The average molecular weight is 281 g/mol. The summed E-state index contributed by atoms with van der Waals surface area (Å²) in [6.07, 6.45) is 3.64. The molecule has 0 saturated heterocycles. The Balaban J connectivity index is 1.87. The highest BCUT2D eigenvalue weighted by Gasteiger charge is 2.13. The van der Waals surface area contributed by atoms with Gasteiger partial charge >= 0.3 is 0 Å². The summed E-state index contributed by atoms with van der Waals surface area (Å²) in [7, 11) is 4.04. The smallest absolute Gasteiger partial charge is 0.134 e. The van der Waals surface area contributed by atoms with Crippen LogP contribution in [0.25, 0.3) is 11.0 Å². The topological polar surface area (TPSA) is 41.3 Å². The van der Waals surface area contributed by atoms with E-state index in [4.69, 9.17) is 4.42 Å². The van der Waals surface area contributed by atoms with Crippen molar-refractivity contribution in [3.05, 3.63) is 54.6 Å². The van der Waals surface area contributed by atoms with Crippen LogP contribution in [0, 0.1) is 0 Å². The molecule has 1 atom stereocenters. The number of nitrogens with zero attached hydrogens (tertiary/aromatic N) is 2. The van der Waals surface area contributed by atoms with Crippen LogP contribution in [0.2, 0.25) is 0 Å². The Hall–Kier alpha value is -2.49. The van der Waals surface area contributed by atoms with E-state index in [1.165, 1.54) is 0 Å². The van der Waals surface area contributed by atoms with E-state index in [0.29, 0.717) is 0 Å². The maximum absolute atomic E-state index is 5.91.